The molecule has 0 fully saturated rings. The number of nitrogens with one attached hydrogen (secondary N) is 2. The predicted octanol–water partition coefficient (Wildman–Crippen LogP) is 0.872. The van der Waals surface area contributed by atoms with Crippen molar-refractivity contribution in [1.29, 1.82) is 0 Å². The van der Waals surface area contributed by atoms with Crippen LogP contribution in [0.4, 0.5) is 0 Å². The third-order valence-corrected chi connectivity index (χ3v) is 2.03. The minimum absolute atomic E-state index is 0.108. The molecule has 3 N–H and O–H groups in total. The first kappa shape index (κ1) is 12.0. The molecule has 0 radical (unpaired) electrons. The van der Waals surface area contributed by atoms with E-state index in [1.165, 1.54) is 12.1 Å². The van der Waals surface area contributed by atoms with Crippen LogP contribution in [-0.4, -0.2) is 16.9 Å². The molecule has 0 bridgehead atoms. The normalized spacial score (nSPS) is 9.62. The zero-order valence-electron chi connectivity index (χ0n) is 9.20. The van der Waals surface area contributed by atoms with Gasteiger partial charge in [0.1, 0.15) is 5.75 Å². The number of amides is 2. The molecule has 0 heterocycles. The first-order chi connectivity index (χ1) is 7.54. The molecule has 0 aromatic heterocycles. The molecule has 16 heavy (non-hydrogen) atoms. The van der Waals surface area contributed by atoms with Crippen molar-refractivity contribution in [3.63, 3.8) is 0 Å². The molecule has 0 aliphatic heterocycles. The second kappa shape index (κ2) is 5.16. The standard InChI is InChI=1S/C11H14N2O3/c1-3-10(15)12-13-11(16)8-5-4-7(2)6-9(8)14/h4-6,14H,3H2,1-2H3,(H,12,15)(H,13,16). The average Bonchev–Trinajstić information content (AvgIpc) is 2.25. The van der Waals surface area contributed by atoms with E-state index in [0.29, 0.717) is 0 Å². The monoisotopic (exact) mass is 222 g/mol. The molecule has 86 valence electrons. The second-order valence-corrected chi connectivity index (χ2v) is 3.38. The Kier molecular flexibility index (Phi) is 3.88. The summed E-state index contributed by atoms with van der Waals surface area (Å²) >= 11 is 0. The Morgan fingerprint density at radius 3 is 2.56 bits per heavy atom. The van der Waals surface area contributed by atoms with Crippen LogP contribution >= 0.6 is 0 Å². The molecule has 1 aromatic rings. The third-order valence-electron chi connectivity index (χ3n) is 2.03. The number of phenolic OH excluding ortho intramolecular Hbond substituents is 1. The Morgan fingerprint density at radius 2 is 2.00 bits per heavy atom. The number of rotatable bonds is 2. The minimum Gasteiger partial charge on any atom is -0.507 e. The van der Waals surface area contributed by atoms with Gasteiger partial charge >= 0.3 is 0 Å². The first-order valence-corrected chi connectivity index (χ1v) is 4.93. The van der Waals surface area contributed by atoms with Crippen LogP contribution in [0, 0.1) is 6.92 Å². The van der Waals surface area contributed by atoms with E-state index < -0.39 is 5.91 Å². The molecular weight excluding hydrogens is 208 g/mol. The van der Waals surface area contributed by atoms with E-state index in [4.69, 9.17) is 0 Å². The fourth-order valence-corrected chi connectivity index (χ4v) is 1.12. The van der Waals surface area contributed by atoms with Crippen molar-refractivity contribution in [1.82, 2.24) is 10.9 Å². The van der Waals surface area contributed by atoms with E-state index in [-0.39, 0.29) is 23.6 Å². The Bertz CT molecular complexity index is 416. The van der Waals surface area contributed by atoms with Gasteiger partial charge in [0.2, 0.25) is 5.91 Å². The summed E-state index contributed by atoms with van der Waals surface area (Å²) in [5.74, 6) is -0.942. The van der Waals surface area contributed by atoms with E-state index >= 15 is 0 Å². The highest BCUT2D eigenvalue weighted by molar-refractivity contribution is 5.97. The van der Waals surface area contributed by atoms with E-state index in [0.717, 1.165) is 5.56 Å². The van der Waals surface area contributed by atoms with Gasteiger partial charge < -0.3 is 5.11 Å². The summed E-state index contributed by atoms with van der Waals surface area (Å²) in [4.78, 5) is 22.4. The van der Waals surface area contributed by atoms with Gasteiger partial charge in [-0.2, -0.15) is 0 Å². The number of carbonyl (C=O) groups excluding carboxylic acids is 2. The van der Waals surface area contributed by atoms with Crippen LogP contribution in [0.3, 0.4) is 0 Å². The predicted molar refractivity (Wildman–Crippen MR) is 58.7 cm³/mol. The molecule has 0 aliphatic rings. The summed E-state index contributed by atoms with van der Waals surface area (Å²) < 4.78 is 0. The van der Waals surface area contributed by atoms with Crippen LogP contribution in [0.25, 0.3) is 0 Å². The lowest BCUT2D eigenvalue weighted by Gasteiger charge is -2.07. The van der Waals surface area contributed by atoms with E-state index in [2.05, 4.69) is 10.9 Å². The van der Waals surface area contributed by atoms with Crippen molar-refractivity contribution >= 4 is 11.8 Å². The highest BCUT2D eigenvalue weighted by Crippen LogP contribution is 2.17. The molecule has 0 saturated carbocycles. The van der Waals surface area contributed by atoms with Gasteiger partial charge in [0.15, 0.2) is 0 Å². The zero-order valence-corrected chi connectivity index (χ0v) is 9.20. The van der Waals surface area contributed by atoms with E-state index in [1.54, 1.807) is 19.9 Å². The number of aryl methyl sites for hydroxylation is 1. The molecule has 0 spiro atoms. The van der Waals surface area contributed by atoms with Gasteiger partial charge in [-0.15, -0.1) is 0 Å². The first-order valence-electron chi connectivity index (χ1n) is 4.93. The van der Waals surface area contributed by atoms with Crippen molar-refractivity contribution in [2.75, 3.05) is 0 Å². The van der Waals surface area contributed by atoms with Crippen molar-refractivity contribution in [3.8, 4) is 5.75 Å². The SMILES string of the molecule is CCC(=O)NNC(=O)c1ccc(C)cc1O. The molecular formula is C11H14N2O3. The smallest absolute Gasteiger partial charge is 0.273 e. The van der Waals surface area contributed by atoms with E-state index in [9.17, 15) is 14.7 Å². The van der Waals surface area contributed by atoms with Gasteiger partial charge in [-0.3, -0.25) is 20.4 Å². The molecule has 1 rings (SSSR count). The van der Waals surface area contributed by atoms with Crippen LogP contribution in [-0.2, 0) is 4.79 Å². The second-order valence-electron chi connectivity index (χ2n) is 3.38. The molecule has 0 unspecified atom stereocenters. The van der Waals surface area contributed by atoms with Gasteiger partial charge in [0, 0.05) is 6.42 Å². The topological polar surface area (TPSA) is 78.4 Å². The van der Waals surface area contributed by atoms with Crippen molar-refractivity contribution in [2.45, 2.75) is 20.3 Å². The fraction of sp³-hybridized carbons (Fsp3) is 0.273. The maximum Gasteiger partial charge on any atom is 0.273 e. The zero-order chi connectivity index (χ0) is 12.1. The summed E-state index contributed by atoms with van der Waals surface area (Å²) in [5, 5.41) is 9.51. The van der Waals surface area contributed by atoms with Gasteiger partial charge in [0.05, 0.1) is 5.56 Å². The Labute approximate surface area is 93.4 Å². The lowest BCUT2D eigenvalue weighted by atomic mass is 10.1. The number of hydrazine groups is 1. The Balaban J connectivity index is 2.70. The van der Waals surface area contributed by atoms with Gasteiger partial charge in [-0.05, 0) is 24.6 Å². The van der Waals surface area contributed by atoms with Crippen molar-refractivity contribution in [2.24, 2.45) is 0 Å². The van der Waals surface area contributed by atoms with Gasteiger partial charge in [-0.1, -0.05) is 13.0 Å². The lowest BCUT2D eigenvalue weighted by Crippen LogP contribution is -2.41. The molecule has 1 aromatic carbocycles. The van der Waals surface area contributed by atoms with Crippen molar-refractivity contribution in [3.05, 3.63) is 29.3 Å². The average molecular weight is 222 g/mol. The highest BCUT2D eigenvalue weighted by atomic mass is 16.3. The summed E-state index contributed by atoms with van der Waals surface area (Å²) in [5.41, 5.74) is 5.41. The van der Waals surface area contributed by atoms with Crippen LogP contribution in [0.5, 0.6) is 5.75 Å². The molecule has 0 atom stereocenters. The largest absolute Gasteiger partial charge is 0.507 e. The van der Waals surface area contributed by atoms with Crippen LogP contribution in [0.15, 0.2) is 18.2 Å². The van der Waals surface area contributed by atoms with Crippen LogP contribution < -0.4 is 10.9 Å². The maximum atomic E-state index is 11.5. The number of carbonyl (C=O) groups is 2. The molecule has 0 aliphatic carbocycles. The highest BCUT2D eigenvalue weighted by Gasteiger charge is 2.11. The summed E-state index contributed by atoms with van der Waals surface area (Å²) in [6, 6.07) is 4.69. The number of phenols is 1. The molecule has 5 nitrogen and oxygen atoms in total. The maximum absolute atomic E-state index is 11.5. The number of aromatic hydroxyl groups is 1. The summed E-state index contributed by atoms with van der Waals surface area (Å²) in [6.07, 6.45) is 0.278. The van der Waals surface area contributed by atoms with Gasteiger partial charge in [0.25, 0.3) is 5.91 Å². The fourth-order valence-electron chi connectivity index (χ4n) is 1.12. The number of benzene rings is 1. The minimum atomic E-state index is -0.542. The third kappa shape index (κ3) is 2.98. The van der Waals surface area contributed by atoms with Crippen molar-refractivity contribution < 1.29 is 14.7 Å². The Morgan fingerprint density at radius 1 is 1.31 bits per heavy atom. The number of hydrogen-bond acceptors (Lipinski definition) is 3. The number of hydrogen-bond donors (Lipinski definition) is 3. The quantitative estimate of drug-likeness (QED) is 0.650. The molecule has 5 heteroatoms. The summed E-state index contributed by atoms with van der Waals surface area (Å²) in [6.45, 7) is 3.48. The van der Waals surface area contributed by atoms with Crippen LogP contribution in [0.2, 0.25) is 0 Å². The lowest BCUT2D eigenvalue weighted by molar-refractivity contribution is -0.121. The van der Waals surface area contributed by atoms with E-state index in [1.807, 2.05) is 0 Å². The summed E-state index contributed by atoms with van der Waals surface area (Å²) in [7, 11) is 0. The Hall–Kier alpha value is -2.04. The van der Waals surface area contributed by atoms with Gasteiger partial charge in [-0.25, -0.2) is 0 Å². The molecule has 0 saturated heterocycles. The van der Waals surface area contributed by atoms with Crippen LogP contribution in [0.1, 0.15) is 29.3 Å². The molecule has 2 amide bonds.